The highest BCUT2D eigenvalue weighted by molar-refractivity contribution is 6.01. The van der Waals surface area contributed by atoms with Crippen LogP contribution < -0.4 is 26.0 Å². The van der Waals surface area contributed by atoms with Crippen LogP contribution in [0.25, 0.3) is 0 Å². The van der Waals surface area contributed by atoms with E-state index in [1.165, 1.54) is 11.9 Å². The summed E-state index contributed by atoms with van der Waals surface area (Å²) in [4.78, 5) is 68.9. The average molecular weight is 638 g/mol. The van der Waals surface area contributed by atoms with E-state index < -0.39 is 48.2 Å². The molecule has 2 aromatic carbocycles. The van der Waals surface area contributed by atoms with Crippen molar-refractivity contribution in [3.63, 3.8) is 0 Å². The molecule has 1 heterocycles. The van der Waals surface area contributed by atoms with Gasteiger partial charge in [0.15, 0.2) is 0 Å². The molecule has 1 aliphatic rings. The molecule has 0 saturated carbocycles. The Balaban J connectivity index is 1.95. The first-order chi connectivity index (χ1) is 22.1. The molecule has 0 bridgehead atoms. The average Bonchev–Trinajstić information content (AvgIpc) is 3.04. The highest BCUT2D eigenvalue weighted by Crippen LogP contribution is 2.19. The quantitative estimate of drug-likeness (QED) is 0.306. The molecule has 1 aliphatic heterocycles. The Hall–Kier alpha value is -4.45. The lowest BCUT2D eigenvalue weighted by Crippen LogP contribution is -2.56. The number of fused-ring (bicyclic) bond motifs is 1. The number of nitrogens with zero attached hydrogens (tertiary/aromatic N) is 1. The molecular weight excluding hydrogens is 590 g/mol. The first-order valence-electron chi connectivity index (χ1n) is 15.8. The van der Waals surface area contributed by atoms with Crippen LogP contribution in [0.4, 0.5) is 0 Å². The fourth-order valence-corrected chi connectivity index (χ4v) is 5.07. The number of methoxy groups -OCH3 is 1. The van der Waals surface area contributed by atoms with Crippen LogP contribution in [0, 0.1) is 5.92 Å². The lowest BCUT2D eigenvalue weighted by molar-refractivity contribution is -0.141. The molecule has 0 fully saturated rings. The number of ether oxygens (including phenoxy) is 2. The summed E-state index contributed by atoms with van der Waals surface area (Å²) in [5.74, 6) is -2.15. The summed E-state index contributed by atoms with van der Waals surface area (Å²) in [5, 5.41) is 11.2. The number of nitrogens with one attached hydrogen (secondary N) is 4. The highest BCUT2D eigenvalue weighted by atomic mass is 16.5. The Morgan fingerprint density at radius 3 is 2.46 bits per heavy atom. The van der Waals surface area contributed by atoms with Crippen LogP contribution in [0.15, 0.2) is 54.6 Å². The third-order valence-corrected chi connectivity index (χ3v) is 7.61. The van der Waals surface area contributed by atoms with E-state index in [-0.39, 0.29) is 43.5 Å². The van der Waals surface area contributed by atoms with Crippen molar-refractivity contribution in [3.8, 4) is 5.75 Å². The van der Waals surface area contributed by atoms with Gasteiger partial charge in [-0.05, 0) is 42.9 Å². The summed E-state index contributed by atoms with van der Waals surface area (Å²) in [5.41, 5.74) is 1.07. The molecule has 0 aliphatic carbocycles. The third kappa shape index (κ3) is 11.2. The fourth-order valence-electron chi connectivity index (χ4n) is 5.07. The van der Waals surface area contributed by atoms with Crippen molar-refractivity contribution in [1.29, 1.82) is 0 Å². The van der Waals surface area contributed by atoms with E-state index in [1.807, 2.05) is 44.2 Å². The van der Waals surface area contributed by atoms with Crippen LogP contribution in [0.5, 0.6) is 5.75 Å². The zero-order valence-corrected chi connectivity index (χ0v) is 27.2. The van der Waals surface area contributed by atoms with Crippen molar-refractivity contribution in [2.75, 3.05) is 40.5 Å². The van der Waals surface area contributed by atoms with Gasteiger partial charge in [0.05, 0.1) is 18.6 Å². The monoisotopic (exact) mass is 637 g/mol. The summed E-state index contributed by atoms with van der Waals surface area (Å²) in [7, 11) is 3.06. The van der Waals surface area contributed by atoms with Crippen LogP contribution in [0.1, 0.15) is 55.5 Å². The van der Waals surface area contributed by atoms with Crippen molar-refractivity contribution < 1.29 is 33.4 Å². The minimum atomic E-state index is -1.23. The number of para-hydroxylation sites is 1. The maximum atomic E-state index is 13.8. The number of hydrogen-bond donors (Lipinski definition) is 4. The van der Waals surface area contributed by atoms with Gasteiger partial charge in [-0.1, -0.05) is 56.3 Å². The summed E-state index contributed by atoms with van der Waals surface area (Å²) < 4.78 is 10.9. The predicted octanol–water partition coefficient (Wildman–Crippen LogP) is 1.83. The molecule has 0 aromatic heterocycles. The van der Waals surface area contributed by atoms with E-state index >= 15 is 0 Å². The van der Waals surface area contributed by atoms with Gasteiger partial charge in [-0.25, -0.2) is 0 Å². The Labute approximate surface area is 271 Å². The van der Waals surface area contributed by atoms with E-state index in [1.54, 1.807) is 31.4 Å². The van der Waals surface area contributed by atoms with Gasteiger partial charge in [-0.3, -0.25) is 24.0 Å². The lowest BCUT2D eigenvalue weighted by atomic mass is 9.99. The molecular formula is C34H47N5O7. The lowest BCUT2D eigenvalue weighted by Gasteiger charge is -2.31. The second-order valence-electron chi connectivity index (χ2n) is 11.8. The van der Waals surface area contributed by atoms with Gasteiger partial charge in [0.2, 0.25) is 23.6 Å². The van der Waals surface area contributed by atoms with E-state index in [0.717, 1.165) is 5.56 Å². The molecule has 12 nitrogen and oxygen atoms in total. The molecule has 0 spiro atoms. The third-order valence-electron chi connectivity index (χ3n) is 7.61. The molecule has 12 heteroatoms. The van der Waals surface area contributed by atoms with Crippen molar-refractivity contribution in [3.05, 3.63) is 65.7 Å². The van der Waals surface area contributed by atoms with Gasteiger partial charge in [0, 0.05) is 40.3 Å². The number of amides is 5. The van der Waals surface area contributed by atoms with Crippen LogP contribution in [0.2, 0.25) is 0 Å². The van der Waals surface area contributed by atoms with E-state index in [9.17, 15) is 24.0 Å². The topological polar surface area (TPSA) is 155 Å². The summed E-state index contributed by atoms with van der Waals surface area (Å²) in [6.45, 7) is 5.05. The van der Waals surface area contributed by atoms with Gasteiger partial charge in [0.25, 0.3) is 5.91 Å². The molecule has 4 N–H and O–H groups in total. The fraction of sp³-hybridized carbons (Fsp3) is 0.500. The maximum Gasteiger partial charge on any atom is 0.255 e. The number of hydrogen-bond acceptors (Lipinski definition) is 7. The van der Waals surface area contributed by atoms with Crippen LogP contribution in [-0.4, -0.2) is 93.0 Å². The number of carbonyl (C=O) groups is 5. The standard InChI is InChI=1S/C34H47N5O7/c1-23(2)20-28-34(44)38-26(21-24-12-6-5-7-13-24)32(42)36-17-11-19-46-29-15-9-8-14-25(29)31(41)37-27(22-30(40)39(28)3)33(43)35-16-10-18-45-4/h5-9,12-15,23,26-28H,10-11,16-22H2,1-4H3,(H,35,43)(H,36,42)(H,37,41)(H,38,44)/t26-,27-,28-/m0/s1. The minimum absolute atomic E-state index is 0.0290. The van der Waals surface area contributed by atoms with Gasteiger partial charge >= 0.3 is 0 Å². The molecule has 0 radical (unpaired) electrons. The second kappa shape index (κ2) is 18.5. The zero-order chi connectivity index (χ0) is 33.5. The Morgan fingerprint density at radius 1 is 1.02 bits per heavy atom. The van der Waals surface area contributed by atoms with E-state index in [0.29, 0.717) is 31.6 Å². The molecule has 46 heavy (non-hydrogen) atoms. The van der Waals surface area contributed by atoms with Crippen molar-refractivity contribution >= 4 is 29.5 Å². The smallest absolute Gasteiger partial charge is 0.255 e. The van der Waals surface area contributed by atoms with Gasteiger partial charge in [-0.15, -0.1) is 0 Å². The number of benzene rings is 2. The number of rotatable bonds is 9. The molecule has 3 atom stereocenters. The van der Waals surface area contributed by atoms with Crippen LogP contribution in [-0.2, 0) is 30.3 Å². The minimum Gasteiger partial charge on any atom is -0.493 e. The Morgan fingerprint density at radius 2 is 1.74 bits per heavy atom. The van der Waals surface area contributed by atoms with Gasteiger partial charge in [0.1, 0.15) is 23.9 Å². The zero-order valence-electron chi connectivity index (χ0n) is 27.2. The normalized spacial score (nSPS) is 20.4. The van der Waals surface area contributed by atoms with Gasteiger partial charge in [-0.2, -0.15) is 0 Å². The molecule has 2 aromatic rings. The van der Waals surface area contributed by atoms with Crippen molar-refractivity contribution in [2.24, 2.45) is 5.92 Å². The van der Waals surface area contributed by atoms with Crippen LogP contribution in [0.3, 0.4) is 0 Å². The highest BCUT2D eigenvalue weighted by Gasteiger charge is 2.34. The predicted molar refractivity (Wildman–Crippen MR) is 173 cm³/mol. The summed E-state index contributed by atoms with van der Waals surface area (Å²) in [6, 6.07) is 12.9. The summed E-state index contributed by atoms with van der Waals surface area (Å²) in [6.07, 6.45) is 1.16. The molecule has 250 valence electrons. The summed E-state index contributed by atoms with van der Waals surface area (Å²) >= 11 is 0. The number of likely N-dealkylation sites (N-methyl/N-ethyl adjacent to an activating group) is 1. The molecule has 5 amide bonds. The van der Waals surface area contributed by atoms with E-state index in [2.05, 4.69) is 21.3 Å². The Bertz CT molecular complexity index is 1320. The second-order valence-corrected chi connectivity index (χ2v) is 11.8. The molecule has 3 rings (SSSR count). The Kier molecular flexibility index (Phi) is 14.5. The maximum absolute atomic E-state index is 13.8. The number of carbonyl (C=O) groups excluding carboxylic acids is 5. The SMILES string of the molecule is COCCCNC(=O)[C@@H]1CC(=O)N(C)[C@@H](CC(C)C)C(=O)N[C@@H](Cc2ccccc2)C(=O)NCCCOc2ccccc2C(=O)N1. The first kappa shape index (κ1) is 36.0. The van der Waals surface area contributed by atoms with Crippen LogP contribution >= 0.6 is 0 Å². The van der Waals surface area contributed by atoms with Crippen molar-refractivity contribution in [2.45, 2.75) is 64.1 Å². The van der Waals surface area contributed by atoms with Gasteiger partial charge < -0.3 is 35.6 Å². The van der Waals surface area contributed by atoms with E-state index in [4.69, 9.17) is 9.47 Å². The first-order valence-corrected chi connectivity index (χ1v) is 15.8. The van der Waals surface area contributed by atoms with Crippen molar-refractivity contribution in [1.82, 2.24) is 26.2 Å². The molecule has 0 unspecified atom stereocenters. The largest absolute Gasteiger partial charge is 0.493 e. The molecule has 0 saturated heterocycles.